The lowest BCUT2D eigenvalue weighted by atomic mass is 9.78. The monoisotopic (exact) mass is 454 g/mol. The molecule has 3 atom stereocenters. The van der Waals surface area contributed by atoms with E-state index in [1.165, 1.54) is 17.0 Å². The summed E-state index contributed by atoms with van der Waals surface area (Å²) >= 11 is -1.54. The molecule has 0 aliphatic rings. The van der Waals surface area contributed by atoms with Crippen molar-refractivity contribution in [2.75, 3.05) is 0 Å². The Morgan fingerprint density at radius 3 is 1.90 bits per heavy atom. The Kier molecular flexibility index (Phi) is 8.76. The summed E-state index contributed by atoms with van der Waals surface area (Å²) in [4.78, 5) is 13.9. The van der Waals surface area contributed by atoms with Crippen molar-refractivity contribution in [3.05, 3.63) is 35.6 Å². The Labute approximate surface area is 190 Å². The summed E-state index contributed by atoms with van der Waals surface area (Å²) in [7, 11) is 0. The molecule has 0 bridgehead atoms. The number of benzene rings is 1. The van der Waals surface area contributed by atoms with E-state index >= 15 is 0 Å². The van der Waals surface area contributed by atoms with Gasteiger partial charge in [-0.1, -0.05) is 58.1 Å². The average molecular weight is 455 g/mol. The molecule has 2 unspecified atom stereocenters. The lowest BCUT2D eigenvalue weighted by Gasteiger charge is -2.46. The minimum Gasteiger partial charge on any atom is -0.591 e. The summed E-state index contributed by atoms with van der Waals surface area (Å²) in [6.07, 6.45) is -0.735. The van der Waals surface area contributed by atoms with Crippen molar-refractivity contribution in [2.24, 2.45) is 15.2 Å². The van der Waals surface area contributed by atoms with Crippen LogP contribution in [0.3, 0.4) is 0 Å². The SMILES string of the molecule is C[C@H](N(C(=O)O)C(CC(=N[S+]([O-])C(C)(C)C)c1ccc(F)cc1)C(C)(C)C)C(C)(C)C. The van der Waals surface area contributed by atoms with E-state index in [2.05, 4.69) is 4.40 Å². The molecule has 0 saturated heterocycles. The lowest BCUT2D eigenvalue weighted by Crippen LogP contribution is -2.55. The highest BCUT2D eigenvalue weighted by Crippen LogP contribution is 2.35. The van der Waals surface area contributed by atoms with Gasteiger partial charge in [0, 0.05) is 24.1 Å². The van der Waals surface area contributed by atoms with E-state index in [1.54, 1.807) is 12.1 Å². The first-order chi connectivity index (χ1) is 13.9. The molecular weight excluding hydrogens is 415 g/mol. The Balaban J connectivity index is 3.59. The Morgan fingerprint density at radius 2 is 1.55 bits per heavy atom. The third kappa shape index (κ3) is 7.79. The van der Waals surface area contributed by atoms with Crippen molar-refractivity contribution in [3.8, 4) is 0 Å². The fourth-order valence-corrected chi connectivity index (χ4v) is 3.73. The largest absolute Gasteiger partial charge is 0.591 e. The van der Waals surface area contributed by atoms with Crippen LogP contribution in [0.5, 0.6) is 0 Å². The quantitative estimate of drug-likeness (QED) is 0.405. The van der Waals surface area contributed by atoms with Crippen LogP contribution in [0, 0.1) is 16.6 Å². The highest BCUT2D eigenvalue weighted by Gasteiger charge is 2.41. The predicted molar refractivity (Wildman–Crippen MR) is 127 cm³/mol. The van der Waals surface area contributed by atoms with E-state index in [1.807, 2.05) is 69.2 Å². The minimum atomic E-state index is -1.54. The van der Waals surface area contributed by atoms with Gasteiger partial charge in [-0.05, 0) is 50.7 Å². The second-order valence-corrected chi connectivity index (χ2v) is 13.1. The summed E-state index contributed by atoms with van der Waals surface area (Å²) in [5.74, 6) is -0.374. The van der Waals surface area contributed by atoms with Gasteiger partial charge in [0.15, 0.2) is 0 Å². The van der Waals surface area contributed by atoms with Crippen LogP contribution in [-0.2, 0) is 11.4 Å². The Hall–Kier alpha value is -1.60. The first-order valence-corrected chi connectivity index (χ1v) is 11.7. The van der Waals surface area contributed by atoms with Gasteiger partial charge < -0.3 is 14.6 Å². The molecule has 176 valence electrons. The standard InChI is InChI=1S/C24H39FN2O3S/c1-16(22(2,3)4)27(21(28)29)20(23(5,6)7)15-19(26-31(30)24(8,9)10)17-11-13-18(25)14-12-17/h11-14,16,20H,15H2,1-10H3,(H,28,29)/t16-,20?,31?/m0/s1. The van der Waals surface area contributed by atoms with Gasteiger partial charge in [0.2, 0.25) is 0 Å². The molecule has 1 aromatic carbocycles. The predicted octanol–water partition coefficient (Wildman–Crippen LogP) is 6.30. The molecule has 0 saturated carbocycles. The third-order valence-electron chi connectivity index (χ3n) is 5.51. The van der Waals surface area contributed by atoms with Gasteiger partial charge in [0.25, 0.3) is 0 Å². The fourth-order valence-electron chi connectivity index (χ4n) is 3.08. The summed E-state index contributed by atoms with van der Waals surface area (Å²) < 4.78 is 30.3. The smallest absolute Gasteiger partial charge is 0.407 e. The van der Waals surface area contributed by atoms with E-state index in [-0.39, 0.29) is 23.7 Å². The van der Waals surface area contributed by atoms with Crippen LogP contribution in [-0.4, -0.2) is 43.2 Å². The second kappa shape index (κ2) is 9.90. The summed E-state index contributed by atoms with van der Waals surface area (Å²) in [5, 5.41) is 10.1. The number of carboxylic acid groups (broad SMARTS) is 1. The maximum Gasteiger partial charge on any atom is 0.407 e. The zero-order valence-electron chi connectivity index (χ0n) is 20.6. The number of amides is 1. The molecule has 0 spiro atoms. The molecule has 1 rings (SSSR count). The number of halogens is 1. The maximum absolute atomic E-state index is 13.5. The fraction of sp³-hybridized carbons (Fsp3) is 0.667. The van der Waals surface area contributed by atoms with Crippen molar-refractivity contribution in [3.63, 3.8) is 0 Å². The molecule has 0 aromatic heterocycles. The van der Waals surface area contributed by atoms with Crippen LogP contribution in [0.1, 0.15) is 81.2 Å². The molecule has 0 aliphatic carbocycles. The summed E-state index contributed by atoms with van der Waals surface area (Å²) in [6, 6.07) is 5.18. The lowest BCUT2D eigenvalue weighted by molar-refractivity contribution is 0.0279. The Morgan fingerprint density at radius 1 is 1.06 bits per heavy atom. The van der Waals surface area contributed by atoms with Gasteiger partial charge in [-0.2, -0.15) is 0 Å². The molecule has 0 aliphatic heterocycles. The van der Waals surface area contributed by atoms with Crippen molar-refractivity contribution < 1.29 is 18.8 Å². The van der Waals surface area contributed by atoms with Gasteiger partial charge in [0.1, 0.15) is 27.6 Å². The number of rotatable bonds is 6. The Bertz CT molecular complexity index is 774. The van der Waals surface area contributed by atoms with Gasteiger partial charge in [-0.15, -0.1) is 0 Å². The van der Waals surface area contributed by atoms with Crippen LogP contribution < -0.4 is 0 Å². The number of nitrogens with zero attached hydrogens (tertiary/aromatic N) is 2. The van der Waals surface area contributed by atoms with E-state index in [9.17, 15) is 18.8 Å². The molecule has 0 heterocycles. The van der Waals surface area contributed by atoms with Gasteiger partial charge in [-0.25, -0.2) is 9.18 Å². The zero-order chi connectivity index (χ0) is 24.4. The van der Waals surface area contributed by atoms with Gasteiger partial charge >= 0.3 is 6.09 Å². The van der Waals surface area contributed by atoms with Crippen LogP contribution in [0.25, 0.3) is 0 Å². The first kappa shape index (κ1) is 27.4. The molecule has 1 aromatic rings. The molecule has 1 N–H and O–H groups in total. The summed E-state index contributed by atoms with van der Waals surface area (Å²) in [6.45, 7) is 19.4. The third-order valence-corrected chi connectivity index (χ3v) is 6.94. The number of carbonyl (C=O) groups is 1. The van der Waals surface area contributed by atoms with Crippen molar-refractivity contribution in [2.45, 2.75) is 92.5 Å². The molecule has 31 heavy (non-hydrogen) atoms. The van der Waals surface area contributed by atoms with E-state index in [0.717, 1.165) is 0 Å². The topological polar surface area (TPSA) is 76.0 Å². The molecule has 0 fully saturated rings. The molecule has 7 heteroatoms. The highest BCUT2D eigenvalue weighted by atomic mass is 32.2. The van der Waals surface area contributed by atoms with Crippen LogP contribution in [0.4, 0.5) is 9.18 Å². The van der Waals surface area contributed by atoms with Crippen LogP contribution >= 0.6 is 0 Å². The number of hydrogen-bond acceptors (Lipinski definition) is 3. The van der Waals surface area contributed by atoms with E-state index < -0.39 is 33.7 Å². The van der Waals surface area contributed by atoms with Gasteiger partial charge in [-0.3, -0.25) is 0 Å². The normalized spacial score (nSPS) is 16.6. The van der Waals surface area contributed by atoms with Crippen LogP contribution in [0.15, 0.2) is 28.7 Å². The molecule has 1 amide bonds. The van der Waals surface area contributed by atoms with E-state index in [0.29, 0.717) is 11.3 Å². The van der Waals surface area contributed by atoms with Crippen molar-refractivity contribution in [1.29, 1.82) is 0 Å². The first-order valence-electron chi connectivity index (χ1n) is 10.6. The highest BCUT2D eigenvalue weighted by molar-refractivity contribution is 7.91. The maximum atomic E-state index is 13.5. The zero-order valence-corrected chi connectivity index (χ0v) is 21.4. The molecule has 5 nitrogen and oxygen atoms in total. The van der Waals surface area contributed by atoms with Crippen molar-refractivity contribution in [1.82, 2.24) is 4.90 Å². The van der Waals surface area contributed by atoms with Crippen molar-refractivity contribution >= 4 is 23.2 Å². The molecular formula is C24H39FN2O3S. The molecule has 0 radical (unpaired) electrons. The average Bonchev–Trinajstić information content (AvgIpc) is 2.57. The second-order valence-electron chi connectivity index (χ2n) is 11.2. The van der Waals surface area contributed by atoms with Gasteiger partial charge in [0.05, 0.1) is 0 Å². The summed E-state index contributed by atoms with van der Waals surface area (Å²) in [5.41, 5.74) is 0.466. The van der Waals surface area contributed by atoms with Crippen LogP contribution in [0.2, 0.25) is 0 Å². The number of hydrogen-bond donors (Lipinski definition) is 1. The minimum absolute atomic E-state index is 0.267. The van der Waals surface area contributed by atoms with E-state index in [4.69, 9.17) is 0 Å².